The Morgan fingerprint density at radius 2 is 2.20 bits per heavy atom. The molecule has 0 saturated heterocycles. The Morgan fingerprint density at radius 1 is 1.70 bits per heavy atom. The quantitative estimate of drug-likeness (QED) is 0.241. The van der Waals surface area contributed by atoms with Crippen molar-refractivity contribution in [1.82, 2.24) is 0 Å². The predicted molar refractivity (Wildman–Crippen MR) is 35.5 cm³/mol. The Hall–Kier alpha value is -1.41. The fourth-order valence-corrected chi connectivity index (χ4v) is 0.397. The summed E-state index contributed by atoms with van der Waals surface area (Å²) >= 11 is 0. The Balaban J connectivity index is 4.56. The van der Waals surface area contributed by atoms with Crippen molar-refractivity contribution >= 4 is 11.7 Å². The fraction of sp³-hybridized carbons (Fsp3) is 0.333. The van der Waals surface area contributed by atoms with Crippen LogP contribution in [-0.4, -0.2) is 23.6 Å². The van der Waals surface area contributed by atoms with E-state index in [4.69, 9.17) is 5.53 Å². The van der Waals surface area contributed by atoms with E-state index < -0.39 is 5.97 Å². The number of nitrogens with zero attached hydrogens (tertiary/aromatic N) is 2. The summed E-state index contributed by atoms with van der Waals surface area (Å²) in [6.45, 7) is 4.95. The highest BCUT2D eigenvalue weighted by atomic mass is 16.5. The van der Waals surface area contributed by atoms with Crippen LogP contribution in [0.1, 0.15) is 6.92 Å². The first kappa shape index (κ1) is 8.59. The molecule has 0 aliphatic heterocycles. The lowest BCUT2D eigenvalue weighted by molar-refractivity contribution is -0.137. The van der Waals surface area contributed by atoms with Gasteiger partial charge in [-0.1, -0.05) is 6.58 Å². The molecule has 54 valence electrons. The maximum absolute atomic E-state index is 10.6. The molecule has 4 nitrogen and oxygen atoms in total. The second kappa shape index (κ2) is 3.58. The van der Waals surface area contributed by atoms with E-state index in [0.717, 1.165) is 0 Å². The van der Waals surface area contributed by atoms with Crippen LogP contribution in [0.4, 0.5) is 0 Å². The largest absolute Gasteiger partial charge is 0.460 e. The molecule has 0 rings (SSSR count). The van der Waals surface area contributed by atoms with Crippen molar-refractivity contribution in [3.63, 3.8) is 0 Å². The second-order valence-corrected chi connectivity index (χ2v) is 1.72. The molecule has 0 aromatic carbocycles. The molecule has 0 aliphatic rings. The van der Waals surface area contributed by atoms with Gasteiger partial charge in [0.05, 0.1) is 7.11 Å². The van der Waals surface area contributed by atoms with Gasteiger partial charge in [0.25, 0.3) is 0 Å². The number of esters is 1. The van der Waals surface area contributed by atoms with Gasteiger partial charge in [-0.2, -0.15) is 4.79 Å². The molecule has 0 amide bonds. The number of methoxy groups -OCH3 is 1. The van der Waals surface area contributed by atoms with Crippen molar-refractivity contribution in [2.45, 2.75) is 6.92 Å². The molecular formula is C6H8N2O2. The van der Waals surface area contributed by atoms with Gasteiger partial charge in [-0.05, 0) is 6.92 Å². The van der Waals surface area contributed by atoms with Gasteiger partial charge in [-0.15, -0.1) is 0 Å². The van der Waals surface area contributed by atoms with Crippen LogP contribution >= 0.6 is 0 Å². The van der Waals surface area contributed by atoms with Crippen molar-refractivity contribution in [3.8, 4) is 0 Å². The van der Waals surface area contributed by atoms with E-state index in [0.29, 0.717) is 5.57 Å². The molecule has 0 saturated carbocycles. The summed E-state index contributed by atoms with van der Waals surface area (Å²) in [5.41, 5.74) is 8.44. The molecule has 0 N–H and O–H groups in total. The van der Waals surface area contributed by atoms with Gasteiger partial charge in [0.2, 0.25) is 0 Å². The van der Waals surface area contributed by atoms with Crippen molar-refractivity contribution in [3.05, 3.63) is 17.7 Å². The van der Waals surface area contributed by atoms with Crippen LogP contribution in [0, 0.1) is 0 Å². The minimum Gasteiger partial charge on any atom is -0.460 e. The van der Waals surface area contributed by atoms with Crippen LogP contribution in [0.5, 0.6) is 0 Å². The van der Waals surface area contributed by atoms with E-state index in [9.17, 15) is 4.79 Å². The molecular weight excluding hydrogens is 132 g/mol. The highest BCUT2D eigenvalue weighted by molar-refractivity contribution is 6.40. The third kappa shape index (κ3) is 1.84. The topological polar surface area (TPSA) is 62.7 Å². The number of hydrogen-bond acceptors (Lipinski definition) is 2. The number of carbonyl (C=O) groups is 1. The molecule has 0 bridgehead atoms. The normalized spacial score (nSPS) is 7.80. The molecule has 0 aromatic rings. The van der Waals surface area contributed by atoms with Crippen LogP contribution in [0.2, 0.25) is 0 Å². The van der Waals surface area contributed by atoms with Crippen LogP contribution in [0.3, 0.4) is 0 Å². The standard InChI is InChI=1S/C6H8N2O2/c1-4(2)5(8-7)6(9)10-3/h1H2,2-3H3. The fourth-order valence-electron chi connectivity index (χ4n) is 0.397. The lowest BCUT2D eigenvalue weighted by Crippen LogP contribution is -2.17. The second-order valence-electron chi connectivity index (χ2n) is 1.72. The molecule has 0 spiro atoms. The first-order chi connectivity index (χ1) is 4.63. The Morgan fingerprint density at radius 3 is 2.30 bits per heavy atom. The minimum atomic E-state index is -0.685. The van der Waals surface area contributed by atoms with Crippen LogP contribution in [0.15, 0.2) is 12.2 Å². The highest BCUT2D eigenvalue weighted by Crippen LogP contribution is 1.90. The zero-order valence-corrected chi connectivity index (χ0v) is 5.92. The van der Waals surface area contributed by atoms with Crippen LogP contribution in [0.25, 0.3) is 5.53 Å². The summed E-state index contributed by atoms with van der Waals surface area (Å²) in [4.78, 5) is 13.3. The first-order valence-electron chi connectivity index (χ1n) is 2.59. The molecule has 0 fully saturated rings. The average molecular weight is 140 g/mol. The molecule has 0 atom stereocenters. The van der Waals surface area contributed by atoms with E-state index in [-0.39, 0.29) is 5.71 Å². The number of hydrogen-bond donors (Lipinski definition) is 0. The van der Waals surface area contributed by atoms with E-state index in [1.54, 1.807) is 6.92 Å². The summed E-state index contributed by atoms with van der Waals surface area (Å²) in [5, 5.41) is 0. The Labute approximate surface area is 58.7 Å². The number of rotatable bonds is 2. The van der Waals surface area contributed by atoms with E-state index in [1.807, 2.05) is 0 Å². The lowest BCUT2D eigenvalue weighted by Gasteiger charge is -1.90. The summed E-state index contributed by atoms with van der Waals surface area (Å²) < 4.78 is 4.27. The monoisotopic (exact) mass is 140 g/mol. The molecule has 0 radical (unpaired) electrons. The van der Waals surface area contributed by atoms with Gasteiger partial charge in [-0.3, -0.25) is 0 Å². The van der Waals surface area contributed by atoms with Gasteiger partial charge < -0.3 is 10.3 Å². The van der Waals surface area contributed by atoms with Gasteiger partial charge in [0, 0.05) is 5.57 Å². The molecule has 0 heterocycles. The zero-order valence-electron chi connectivity index (χ0n) is 5.92. The molecule has 0 aromatic heterocycles. The summed E-state index contributed by atoms with van der Waals surface area (Å²) in [6.07, 6.45) is 0. The van der Waals surface area contributed by atoms with Gasteiger partial charge in [-0.25, -0.2) is 4.79 Å². The lowest BCUT2D eigenvalue weighted by atomic mass is 10.2. The summed E-state index contributed by atoms with van der Waals surface area (Å²) in [7, 11) is 1.20. The summed E-state index contributed by atoms with van der Waals surface area (Å²) in [5.74, 6) is -0.685. The maximum Gasteiger partial charge on any atom is 0.421 e. The van der Waals surface area contributed by atoms with Crippen molar-refractivity contribution in [2.75, 3.05) is 7.11 Å². The molecule has 0 aliphatic carbocycles. The van der Waals surface area contributed by atoms with Gasteiger partial charge in [0.15, 0.2) is 0 Å². The molecule has 4 heteroatoms. The zero-order chi connectivity index (χ0) is 8.15. The van der Waals surface area contributed by atoms with E-state index in [2.05, 4.69) is 16.1 Å². The van der Waals surface area contributed by atoms with Crippen LogP contribution < -0.4 is 0 Å². The number of ether oxygens (including phenoxy) is 1. The Bertz CT molecular complexity index is 214. The van der Waals surface area contributed by atoms with Gasteiger partial charge in [0.1, 0.15) is 0 Å². The third-order valence-corrected chi connectivity index (χ3v) is 0.883. The van der Waals surface area contributed by atoms with Crippen molar-refractivity contribution < 1.29 is 14.3 Å². The SMILES string of the molecule is C=C(C)C(=[N+]=[N-])C(=O)OC. The van der Waals surface area contributed by atoms with Gasteiger partial charge >= 0.3 is 11.7 Å². The van der Waals surface area contributed by atoms with E-state index in [1.165, 1.54) is 7.11 Å². The highest BCUT2D eigenvalue weighted by Gasteiger charge is 2.20. The smallest absolute Gasteiger partial charge is 0.421 e. The van der Waals surface area contributed by atoms with Crippen molar-refractivity contribution in [2.24, 2.45) is 0 Å². The first-order valence-corrected chi connectivity index (χ1v) is 2.59. The molecule has 0 unspecified atom stereocenters. The Kier molecular flexibility index (Phi) is 3.08. The third-order valence-electron chi connectivity index (χ3n) is 0.883. The predicted octanol–water partition coefficient (Wildman–Crippen LogP) is 0.406. The number of carbonyl (C=O) groups excluding carboxylic acids is 1. The molecule has 10 heavy (non-hydrogen) atoms. The van der Waals surface area contributed by atoms with Crippen LogP contribution in [-0.2, 0) is 9.53 Å². The maximum atomic E-state index is 10.6. The summed E-state index contributed by atoms with van der Waals surface area (Å²) in [6, 6.07) is 0. The average Bonchev–Trinajstić information content (AvgIpc) is 1.88. The van der Waals surface area contributed by atoms with E-state index >= 15 is 0 Å². The van der Waals surface area contributed by atoms with Crippen molar-refractivity contribution in [1.29, 1.82) is 0 Å². The minimum absolute atomic E-state index is 0.150.